The van der Waals surface area contributed by atoms with E-state index in [9.17, 15) is 9.59 Å². The third kappa shape index (κ3) is 6.64. The van der Waals surface area contributed by atoms with Crippen LogP contribution in [0, 0.1) is 12.3 Å². The first kappa shape index (κ1) is 31.3. The smallest absolute Gasteiger partial charge is 0.358 e. The van der Waals surface area contributed by atoms with Gasteiger partial charge in [0.15, 0.2) is 10.8 Å². The number of pyridine rings is 2. The van der Waals surface area contributed by atoms with Gasteiger partial charge < -0.3 is 9.64 Å². The van der Waals surface area contributed by atoms with Crippen molar-refractivity contribution >= 4 is 44.5 Å². The third-order valence-corrected chi connectivity index (χ3v) is 8.61. The van der Waals surface area contributed by atoms with Crippen LogP contribution in [0.15, 0.2) is 54.9 Å². The van der Waals surface area contributed by atoms with Crippen molar-refractivity contribution in [2.75, 3.05) is 16.8 Å². The van der Waals surface area contributed by atoms with Crippen LogP contribution in [-0.4, -0.2) is 48.8 Å². The van der Waals surface area contributed by atoms with Gasteiger partial charge in [-0.2, -0.15) is 5.10 Å². The molecular formula is C35H39N7O3S. The lowest BCUT2D eigenvalue weighted by atomic mass is 9.94. The summed E-state index contributed by atoms with van der Waals surface area (Å²) in [5.74, 6) is -0.0733. The van der Waals surface area contributed by atoms with Crippen LogP contribution in [0.2, 0.25) is 0 Å². The van der Waals surface area contributed by atoms with E-state index in [4.69, 9.17) is 9.72 Å². The molecule has 0 saturated heterocycles. The van der Waals surface area contributed by atoms with Crippen molar-refractivity contribution in [1.82, 2.24) is 24.7 Å². The largest absolute Gasteiger partial charge is 0.455 e. The number of aromatic nitrogens is 5. The van der Waals surface area contributed by atoms with Gasteiger partial charge in [0.25, 0.3) is 5.91 Å². The Morgan fingerprint density at radius 1 is 1.00 bits per heavy atom. The van der Waals surface area contributed by atoms with Crippen molar-refractivity contribution in [3.8, 4) is 11.1 Å². The number of carbonyl (C=O) groups is 2. The van der Waals surface area contributed by atoms with Crippen molar-refractivity contribution in [1.29, 1.82) is 0 Å². The van der Waals surface area contributed by atoms with Gasteiger partial charge in [-0.1, -0.05) is 44.2 Å². The van der Waals surface area contributed by atoms with Gasteiger partial charge in [-0.3, -0.25) is 14.8 Å². The fourth-order valence-electron chi connectivity index (χ4n) is 5.62. The molecule has 0 unspecified atom stereocenters. The van der Waals surface area contributed by atoms with Gasteiger partial charge in [-0.25, -0.2) is 19.7 Å². The van der Waals surface area contributed by atoms with E-state index in [2.05, 4.69) is 52.1 Å². The molecule has 1 aromatic carbocycles. The highest BCUT2D eigenvalue weighted by Crippen LogP contribution is 2.33. The lowest BCUT2D eigenvalue weighted by molar-refractivity contribution is 0.00638. The molecule has 1 amide bonds. The number of rotatable bonds is 6. The Morgan fingerprint density at radius 3 is 2.54 bits per heavy atom. The second-order valence-corrected chi connectivity index (χ2v) is 14.8. The molecule has 1 aliphatic heterocycles. The van der Waals surface area contributed by atoms with E-state index in [0.717, 1.165) is 45.7 Å². The van der Waals surface area contributed by atoms with Crippen LogP contribution < -0.4 is 10.2 Å². The molecule has 1 N–H and O–H groups in total. The normalized spacial score (nSPS) is 13.5. The number of amides is 1. The Labute approximate surface area is 272 Å². The number of thiazole rings is 1. The maximum atomic E-state index is 13.6. The quantitative estimate of drug-likeness (QED) is 0.197. The molecule has 0 saturated carbocycles. The first-order valence-electron chi connectivity index (χ1n) is 15.4. The fraction of sp³-hybridized carbons (Fsp3) is 0.371. The number of nitrogens with zero attached hydrogens (tertiary/aromatic N) is 6. The van der Waals surface area contributed by atoms with Crippen LogP contribution in [0.5, 0.6) is 0 Å². The SMILES string of the molecule is Cc1c(-c2ccc(N3CCc4cccc(C(=O)Nc5nc6cccnc6s5)c4C3)nc2C(=O)OC(C)(C)C)cnn1CC(C)(C)C. The average Bonchev–Trinajstić information content (AvgIpc) is 3.56. The topological polar surface area (TPSA) is 115 Å². The number of ether oxygens (including phenoxy) is 1. The zero-order valence-electron chi connectivity index (χ0n) is 27.3. The second kappa shape index (κ2) is 11.9. The molecule has 10 nitrogen and oxygen atoms in total. The monoisotopic (exact) mass is 637 g/mol. The van der Waals surface area contributed by atoms with Crippen molar-refractivity contribution < 1.29 is 14.3 Å². The summed E-state index contributed by atoms with van der Waals surface area (Å²) in [5, 5.41) is 8.11. The first-order valence-corrected chi connectivity index (χ1v) is 16.2. The minimum absolute atomic E-state index is 0.0378. The summed E-state index contributed by atoms with van der Waals surface area (Å²) >= 11 is 1.34. The zero-order valence-corrected chi connectivity index (χ0v) is 28.2. The van der Waals surface area contributed by atoms with Gasteiger partial charge in [0, 0.05) is 48.2 Å². The molecule has 1 aliphatic rings. The average molecular weight is 638 g/mol. The number of hydrogen-bond donors (Lipinski definition) is 1. The molecule has 0 bridgehead atoms. The van der Waals surface area contributed by atoms with E-state index in [0.29, 0.717) is 35.2 Å². The van der Waals surface area contributed by atoms with Crippen molar-refractivity contribution in [2.24, 2.45) is 5.41 Å². The number of anilines is 2. The standard InChI is InChI=1S/C35H39N7O3S/c1-21-25(18-37-42(21)20-34(2,3)4)23-13-14-28(39-29(23)32(44)45-35(5,6)7)41-17-15-22-10-8-11-24(26(22)19-41)30(43)40-33-38-27-12-9-16-36-31(27)46-33/h8-14,16,18H,15,17,19-20H2,1-7H3,(H,38,40,43). The van der Waals surface area contributed by atoms with E-state index >= 15 is 0 Å². The highest BCUT2D eigenvalue weighted by molar-refractivity contribution is 7.21. The summed E-state index contributed by atoms with van der Waals surface area (Å²) in [4.78, 5) is 43.8. The molecule has 5 aromatic rings. The molecule has 0 atom stereocenters. The number of esters is 1. The lowest BCUT2D eigenvalue weighted by Crippen LogP contribution is -2.33. The Balaban J connectivity index is 1.32. The molecule has 5 heterocycles. The van der Waals surface area contributed by atoms with Crippen LogP contribution in [0.1, 0.15) is 79.2 Å². The fourth-order valence-corrected chi connectivity index (χ4v) is 6.42. The van der Waals surface area contributed by atoms with E-state index < -0.39 is 11.6 Å². The van der Waals surface area contributed by atoms with Gasteiger partial charge in [-0.15, -0.1) is 0 Å². The van der Waals surface area contributed by atoms with Gasteiger partial charge in [0.2, 0.25) is 0 Å². The van der Waals surface area contributed by atoms with E-state index in [1.54, 1.807) is 12.4 Å². The van der Waals surface area contributed by atoms with Crippen molar-refractivity contribution in [3.05, 3.63) is 82.9 Å². The molecule has 6 rings (SSSR count). The predicted octanol–water partition coefficient (Wildman–Crippen LogP) is 7.07. The van der Waals surface area contributed by atoms with Crippen molar-refractivity contribution in [3.63, 3.8) is 0 Å². The zero-order chi connectivity index (χ0) is 32.8. The maximum Gasteiger partial charge on any atom is 0.358 e. The Morgan fingerprint density at radius 2 is 1.80 bits per heavy atom. The molecule has 238 valence electrons. The Hall–Kier alpha value is -4.64. The summed E-state index contributed by atoms with van der Waals surface area (Å²) in [5.41, 5.74) is 5.44. The molecule has 46 heavy (non-hydrogen) atoms. The summed E-state index contributed by atoms with van der Waals surface area (Å²) in [7, 11) is 0. The third-order valence-electron chi connectivity index (χ3n) is 7.72. The van der Waals surface area contributed by atoms with E-state index in [1.165, 1.54) is 11.3 Å². The van der Waals surface area contributed by atoms with Gasteiger partial charge >= 0.3 is 5.97 Å². The molecule has 11 heteroatoms. The van der Waals surface area contributed by atoms with E-state index in [-0.39, 0.29) is 17.0 Å². The lowest BCUT2D eigenvalue weighted by Gasteiger charge is -2.31. The van der Waals surface area contributed by atoms with Crippen LogP contribution in [0.25, 0.3) is 21.5 Å². The van der Waals surface area contributed by atoms with Crippen LogP contribution in [0.3, 0.4) is 0 Å². The number of benzene rings is 1. The minimum atomic E-state index is -0.691. The number of fused-ring (bicyclic) bond motifs is 2. The molecule has 4 aromatic heterocycles. The van der Waals surface area contributed by atoms with Crippen LogP contribution >= 0.6 is 11.3 Å². The van der Waals surface area contributed by atoms with Crippen LogP contribution in [0.4, 0.5) is 10.9 Å². The first-order chi connectivity index (χ1) is 21.8. The van der Waals surface area contributed by atoms with Crippen LogP contribution in [-0.2, 0) is 24.2 Å². The summed E-state index contributed by atoms with van der Waals surface area (Å²) < 4.78 is 7.80. The maximum absolute atomic E-state index is 13.6. The minimum Gasteiger partial charge on any atom is -0.455 e. The number of nitrogens with one attached hydrogen (secondary N) is 1. The van der Waals surface area contributed by atoms with Gasteiger partial charge in [-0.05, 0) is 81.0 Å². The number of hydrogen-bond acceptors (Lipinski definition) is 9. The molecule has 0 spiro atoms. The van der Waals surface area contributed by atoms with Gasteiger partial charge in [0.1, 0.15) is 21.8 Å². The molecule has 0 aliphatic carbocycles. The highest BCUT2D eigenvalue weighted by atomic mass is 32.1. The molecule has 0 radical (unpaired) electrons. The van der Waals surface area contributed by atoms with Crippen molar-refractivity contribution in [2.45, 2.75) is 73.6 Å². The molecule has 0 fully saturated rings. The summed E-state index contributed by atoms with van der Waals surface area (Å²) in [6.07, 6.45) is 4.24. The highest BCUT2D eigenvalue weighted by Gasteiger charge is 2.28. The summed E-state index contributed by atoms with van der Waals surface area (Å²) in [6.45, 7) is 15.9. The summed E-state index contributed by atoms with van der Waals surface area (Å²) in [6, 6.07) is 13.4. The second-order valence-electron chi connectivity index (χ2n) is 13.8. The Bertz CT molecular complexity index is 1910. The van der Waals surface area contributed by atoms with Gasteiger partial charge in [0.05, 0.1) is 6.20 Å². The molecular weight excluding hydrogens is 598 g/mol. The number of carbonyl (C=O) groups excluding carboxylic acids is 2. The van der Waals surface area contributed by atoms with E-state index in [1.807, 2.05) is 68.8 Å². The predicted molar refractivity (Wildman–Crippen MR) is 181 cm³/mol. The Kier molecular flexibility index (Phi) is 8.14.